The second-order valence-electron chi connectivity index (χ2n) is 11.2. The highest BCUT2D eigenvalue weighted by atomic mass is 16.3. The van der Waals surface area contributed by atoms with E-state index in [1.807, 2.05) is 12.1 Å². The summed E-state index contributed by atoms with van der Waals surface area (Å²) in [6.45, 7) is 0. The Balaban J connectivity index is 1.37. The maximum absolute atomic E-state index is 6.31. The Morgan fingerprint density at radius 2 is 0.881 bits per heavy atom. The molecule has 0 saturated carbocycles. The van der Waals surface area contributed by atoms with Gasteiger partial charge in [-0.3, -0.25) is 0 Å². The van der Waals surface area contributed by atoms with Gasteiger partial charge in [-0.05, 0) is 91.0 Å². The van der Waals surface area contributed by atoms with Gasteiger partial charge in [0, 0.05) is 21.5 Å². The van der Waals surface area contributed by atoms with Crippen LogP contribution in [0.25, 0.3) is 98.4 Å². The van der Waals surface area contributed by atoms with Crippen LogP contribution >= 0.6 is 0 Å². The van der Waals surface area contributed by atoms with Crippen LogP contribution in [0.3, 0.4) is 0 Å². The molecule has 8 aromatic carbocycles. The molecular formula is C40H22O2. The third kappa shape index (κ3) is 2.83. The fourth-order valence-corrected chi connectivity index (χ4v) is 7.29. The molecule has 42 heavy (non-hydrogen) atoms. The molecule has 0 N–H and O–H groups in total. The molecule has 194 valence electrons. The molecule has 0 bridgehead atoms. The topological polar surface area (TPSA) is 26.3 Å². The van der Waals surface area contributed by atoms with Crippen LogP contribution in [0.15, 0.2) is 142 Å². The molecule has 0 radical (unpaired) electrons. The Hall–Kier alpha value is -5.60. The third-order valence-electron chi connectivity index (χ3n) is 9.01. The molecule has 0 aliphatic heterocycles. The molecule has 2 heteroatoms. The predicted octanol–water partition coefficient (Wildman–Crippen LogP) is 11.7. The summed E-state index contributed by atoms with van der Waals surface area (Å²) in [7, 11) is 0. The number of rotatable bonds is 2. The van der Waals surface area contributed by atoms with Gasteiger partial charge in [0.2, 0.25) is 0 Å². The molecule has 2 aromatic heterocycles. The monoisotopic (exact) mass is 534 g/mol. The van der Waals surface area contributed by atoms with Crippen molar-refractivity contribution in [3.05, 3.63) is 133 Å². The van der Waals surface area contributed by atoms with E-state index in [0.29, 0.717) is 0 Å². The van der Waals surface area contributed by atoms with Crippen LogP contribution in [-0.2, 0) is 0 Å². The van der Waals surface area contributed by atoms with Crippen molar-refractivity contribution >= 4 is 76.2 Å². The normalized spacial score (nSPS) is 12.3. The Morgan fingerprint density at radius 1 is 0.333 bits per heavy atom. The molecule has 2 heterocycles. The summed E-state index contributed by atoms with van der Waals surface area (Å²) in [5.74, 6) is 0. The third-order valence-corrected chi connectivity index (χ3v) is 9.01. The Kier molecular flexibility index (Phi) is 4.21. The van der Waals surface area contributed by atoms with Gasteiger partial charge >= 0.3 is 0 Å². The van der Waals surface area contributed by atoms with Crippen molar-refractivity contribution in [1.29, 1.82) is 0 Å². The SMILES string of the molecule is c1ccc2c(c1)oc1ccc(-c3c4ccccc4c(-c4cc5cccc6oc7cccc4c7c56)c4ccccc34)cc12. The molecule has 0 aliphatic rings. The van der Waals surface area contributed by atoms with Crippen LogP contribution in [0.4, 0.5) is 0 Å². The molecule has 2 nitrogen and oxygen atoms in total. The Bertz CT molecular complexity index is 2630. The maximum atomic E-state index is 6.31. The van der Waals surface area contributed by atoms with E-state index < -0.39 is 0 Å². The highest BCUT2D eigenvalue weighted by Gasteiger charge is 2.21. The van der Waals surface area contributed by atoms with E-state index in [0.717, 1.165) is 33.1 Å². The van der Waals surface area contributed by atoms with Crippen molar-refractivity contribution in [1.82, 2.24) is 0 Å². The summed E-state index contributed by atoms with van der Waals surface area (Å²) >= 11 is 0. The number of para-hydroxylation sites is 1. The van der Waals surface area contributed by atoms with E-state index in [1.165, 1.54) is 65.3 Å². The zero-order valence-corrected chi connectivity index (χ0v) is 22.5. The molecule has 0 amide bonds. The highest BCUT2D eigenvalue weighted by Crippen LogP contribution is 2.48. The standard InChI is InChI=1S/C40H22O2/c1-3-13-28-26(11-1)37(24-19-20-34-31(21-24)25-10-5-6-16-33(25)41-34)27-12-2-4-14-29(27)39(28)32-22-23-9-7-17-35-38(23)40-30(32)15-8-18-36(40)42-35/h1-22H. The first-order valence-corrected chi connectivity index (χ1v) is 14.4. The Morgan fingerprint density at radius 3 is 1.64 bits per heavy atom. The highest BCUT2D eigenvalue weighted by molar-refractivity contribution is 6.30. The van der Waals surface area contributed by atoms with Crippen LogP contribution in [0, 0.1) is 0 Å². The van der Waals surface area contributed by atoms with E-state index >= 15 is 0 Å². The summed E-state index contributed by atoms with van der Waals surface area (Å²) in [4.78, 5) is 0. The van der Waals surface area contributed by atoms with Crippen molar-refractivity contribution in [2.45, 2.75) is 0 Å². The molecule has 0 aliphatic carbocycles. The minimum atomic E-state index is 0.913. The number of hydrogen-bond acceptors (Lipinski definition) is 2. The van der Waals surface area contributed by atoms with E-state index in [4.69, 9.17) is 8.83 Å². The summed E-state index contributed by atoms with van der Waals surface area (Å²) in [6.07, 6.45) is 0. The fourth-order valence-electron chi connectivity index (χ4n) is 7.29. The van der Waals surface area contributed by atoms with Crippen molar-refractivity contribution < 1.29 is 8.83 Å². The largest absolute Gasteiger partial charge is 0.456 e. The van der Waals surface area contributed by atoms with Gasteiger partial charge in [0.25, 0.3) is 0 Å². The molecule has 0 saturated heterocycles. The lowest BCUT2D eigenvalue weighted by Crippen LogP contribution is -1.92. The van der Waals surface area contributed by atoms with Crippen LogP contribution < -0.4 is 0 Å². The molecule has 10 rings (SSSR count). The summed E-state index contributed by atoms with van der Waals surface area (Å²) in [6, 6.07) is 47.8. The van der Waals surface area contributed by atoms with Crippen LogP contribution in [0.2, 0.25) is 0 Å². The predicted molar refractivity (Wildman–Crippen MR) is 176 cm³/mol. The van der Waals surface area contributed by atoms with Crippen molar-refractivity contribution in [2.24, 2.45) is 0 Å². The van der Waals surface area contributed by atoms with Gasteiger partial charge in [0.05, 0.1) is 0 Å². The van der Waals surface area contributed by atoms with E-state index in [-0.39, 0.29) is 0 Å². The van der Waals surface area contributed by atoms with Crippen LogP contribution in [-0.4, -0.2) is 0 Å². The fraction of sp³-hybridized carbons (Fsp3) is 0. The maximum Gasteiger partial charge on any atom is 0.136 e. The van der Waals surface area contributed by atoms with Crippen molar-refractivity contribution in [2.75, 3.05) is 0 Å². The summed E-state index contributed by atoms with van der Waals surface area (Å²) in [5.41, 5.74) is 8.64. The summed E-state index contributed by atoms with van der Waals surface area (Å²) < 4.78 is 12.5. The molecule has 0 unspecified atom stereocenters. The van der Waals surface area contributed by atoms with Gasteiger partial charge in [0.15, 0.2) is 0 Å². The quantitative estimate of drug-likeness (QED) is 0.163. The van der Waals surface area contributed by atoms with Gasteiger partial charge in [-0.2, -0.15) is 0 Å². The first kappa shape index (κ1) is 22.1. The lowest BCUT2D eigenvalue weighted by atomic mass is 9.83. The van der Waals surface area contributed by atoms with Gasteiger partial charge in [-0.25, -0.2) is 0 Å². The number of fused-ring (bicyclic) bond motifs is 5. The van der Waals surface area contributed by atoms with Crippen LogP contribution in [0.5, 0.6) is 0 Å². The van der Waals surface area contributed by atoms with E-state index in [9.17, 15) is 0 Å². The molecule has 0 spiro atoms. The zero-order chi connectivity index (χ0) is 27.4. The van der Waals surface area contributed by atoms with E-state index in [1.54, 1.807) is 0 Å². The second kappa shape index (κ2) is 7.99. The number of furan rings is 2. The zero-order valence-electron chi connectivity index (χ0n) is 22.5. The van der Waals surface area contributed by atoms with Gasteiger partial charge in [0.1, 0.15) is 22.3 Å². The summed E-state index contributed by atoms with van der Waals surface area (Å²) in [5, 5.41) is 12.1. The molecule has 0 fully saturated rings. The number of benzene rings is 8. The second-order valence-corrected chi connectivity index (χ2v) is 11.2. The Labute approximate surface area is 240 Å². The molecule has 0 atom stereocenters. The lowest BCUT2D eigenvalue weighted by Gasteiger charge is -2.19. The average molecular weight is 535 g/mol. The van der Waals surface area contributed by atoms with Crippen molar-refractivity contribution in [3.8, 4) is 22.3 Å². The lowest BCUT2D eigenvalue weighted by molar-refractivity contribution is 0.668. The molecular weight excluding hydrogens is 512 g/mol. The van der Waals surface area contributed by atoms with Crippen molar-refractivity contribution in [3.63, 3.8) is 0 Å². The van der Waals surface area contributed by atoms with Crippen LogP contribution in [0.1, 0.15) is 0 Å². The van der Waals surface area contributed by atoms with Gasteiger partial charge < -0.3 is 8.83 Å². The van der Waals surface area contributed by atoms with Gasteiger partial charge in [-0.15, -0.1) is 0 Å². The molecule has 10 aromatic rings. The first-order chi connectivity index (χ1) is 20.8. The smallest absolute Gasteiger partial charge is 0.136 e. The number of hydrogen-bond donors (Lipinski definition) is 0. The van der Waals surface area contributed by atoms with Gasteiger partial charge in [-0.1, -0.05) is 97.1 Å². The minimum absolute atomic E-state index is 0.913. The average Bonchev–Trinajstić information content (AvgIpc) is 3.61. The van der Waals surface area contributed by atoms with E-state index in [2.05, 4.69) is 121 Å². The minimum Gasteiger partial charge on any atom is -0.456 e. The first-order valence-electron chi connectivity index (χ1n) is 14.4.